The number of aromatic nitrogens is 2. The molecule has 1 N–H and O–H groups in total. The van der Waals surface area contributed by atoms with Crippen molar-refractivity contribution < 1.29 is 9.50 Å². The first-order valence-electron chi connectivity index (χ1n) is 4.77. The van der Waals surface area contributed by atoms with Crippen LogP contribution in [0.3, 0.4) is 0 Å². The number of halogens is 2. The fraction of sp³-hybridized carbons (Fsp3) is 0.182. The maximum Gasteiger partial charge on any atom is 0.129 e. The Hall–Kier alpha value is -0.950. The minimum absolute atomic E-state index is 0.254. The fourth-order valence-electron chi connectivity index (χ4n) is 1.46. The highest BCUT2D eigenvalue weighted by Crippen LogP contribution is 2.18. The van der Waals surface area contributed by atoms with Gasteiger partial charge in [0, 0.05) is 11.8 Å². The largest absolute Gasteiger partial charge is 0.386 e. The van der Waals surface area contributed by atoms with Gasteiger partial charge in [-0.3, -0.25) is 4.68 Å². The van der Waals surface area contributed by atoms with Gasteiger partial charge in [-0.2, -0.15) is 5.10 Å². The molecule has 0 amide bonds. The lowest BCUT2D eigenvalue weighted by atomic mass is 10.1. The maximum atomic E-state index is 13.4. The molecule has 16 heavy (non-hydrogen) atoms. The topological polar surface area (TPSA) is 38.0 Å². The van der Waals surface area contributed by atoms with Crippen LogP contribution in [0, 0.1) is 9.39 Å². The highest BCUT2D eigenvalue weighted by molar-refractivity contribution is 14.1. The second-order valence-electron chi connectivity index (χ2n) is 3.42. The first-order chi connectivity index (χ1) is 7.66. The molecular formula is C11H10FIN2O. The van der Waals surface area contributed by atoms with Gasteiger partial charge in [-0.05, 0) is 28.7 Å². The van der Waals surface area contributed by atoms with Gasteiger partial charge >= 0.3 is 0 Å². The van der Waals surface area contributed by atoms with Crippen LogP contribution >= 0.6 is 22.6 Å². The van der Waals surface area contributed by atoms with Crippen LogP contribution < -0.4 is 0 Å². The monoisotopic (exact) mass is 332 g/mol. The second-order valence-corrected chi connectivity index (χ2v) is 4.66. The fourth-order valence-corrected chi connectivity index (χ4v) is 1.91. The van der Waals surface area contributed by atoms with Crippen molar-refractivity contribution in [1.29, 1.82) is 0 Å². The predicted molar refractivity (Wildman–Crippen MR) is 66.3 cm³/mol. The van der Waals surface area contributed by atoms with Crippen LogP contribution in [-0.4, -0.2) is 14.9 Å². The Bertz CT molecular complexity index is 486. The lowest BCUT2D eigenvalue weighted by molar-refractivity contribution is 0.147. The molecule has 1 atom stereocenters. The van der Waals surface area contributed by atoms with E-state index in [0.717, 1.165) is 3.57 Å². The first-order valence-corrected chi connectivity index (χ1v) is 5.85. The zero-order chi connectivity index (χ0) is 11.5. The van der Waals surface area contributed by atoms with Crippen molar-refractivity contribution in [3.05, 3.63) is 51.6 Å². The van der Waals surface area contributed by atoms with Crippen molar-refractivity contribution in [1.82, 2.24) is 9.78 Å². The molecule has 0 bridgehead atoms. The molecule has 0 saturated heterocycles. The van der Waals surface area contributed by atoms with Crippen molar-refractivity contribution in [2.45, 2.75) is 12.6 Å². The van der Waals surface area contributed by atoms with Crippen molar-refractivity contribution in [2.75, 3.05) is 0 Å². The molecule has 3 nitrogen and oxygen atoms in total. The summed E-state index contributed by atoms with van der Waals surface area (Å²) in [6, 6.07) is 6.22. The Balaban J connectivity index is 2.14. The zero-order valence-corrected chi connectivity index (χ0v) is 10.5. The summed E-state index contributed by atoms with van der Waals surface area (Å²) in [5.74, 6) is -0.392. The minimum atomic E-state index is -0.878. The van der Waals surface area contributed by atoms with Crippen molar-refractivity contribution >= 4 is 22.6 Å². The second kappa shape index (κ2) is 4.92. The van der Waals surface area contributed by atoms with Gasteiger partial charge in [-0.15, -0.1) is 0 Å². The third-order valence-electron chi connectivity index (χ3n) is 2.23. The summed E-state index contributed by atoms with van der Waals surface area (Å²) in [5, 5.41) is 13.9. The number of aliphatic hydroxyl groups excluding tert-OH is 1. The highest BCUT2D eigenvalue weighted by Gasteiger charge is 2.12. The van der Waals surface area contributed by atoms with Crippen LogP contribution in [-0.2, 0) is 6.54 Å². The van der Waals surface area contributed by atoms with Crippen molar-refractivity contribution in [2.24, 2.45) is 0 Å². The van der Waals surface area contributed by atoms with E-state index < -0.39 is 11.9 Å². The Morgan fingerprint density at radius 2 is 2.19 bits per heavy atom. The summed E-state index contributed by atoms with van der Waals surface area (Å²) in [6.07, 6.45) is 2.61. The van der Waals surface area contributed by atoms with E-state index in [1.807, 2.05) is 0 Å². The number of nitrogens with zero attached hydrogens (tertiary/aromatic N) is 2. The van der Waals surface area contributed by atoms with Gasteiger partial charge in [0.05, 0.1) is 16.3 Å². The van der Waals surface area contributed by atoms with Crippen LogP contribution in [0.5, 0.6) is 0 Å². The number of hydrogen-bond donors (Lipinski definition) is 1. The molecule has 0 aliphatic carbocycles. The van der Waals surface area contributed by atoms with Gasteiger partial charge in [0.2, 0.25) is 0 Å². The molecule has 2 aromatic rings. The van der Waals surface area contributed by atoms with Crippen LogP contribution in [0.2, 0.25) is 0 Å². The Labute approximate surface area is 106 Å². The molecule has 0 fully saturated rings. The third-order valence-corrected chi connectivity index (χ3v) is 2.78. The minimum Gasteiger partial charge on any atom is -0.386 e. The number of aliphatic hydroxyl groups is 1. The Kier molecular flexibility index (Phi) is 3.55. The normalized spacial score (nSPS) is 12.7. The molecule has 1 heterocycles. The predicted octanol–water partition coefficient (Wildman–Crippen LogP) is 2.36. The quantitative estimate of drug-likeness (QED) is 0.877. The van der Waals surface area contributed by atoms with Gasteiger partial charge in [0.25, 0.3) is 0 Å². The molecule has 84 valence electrons. The van der Waals surface area contributed by atoms with Crippen LogP contribution in [0.1, 0.15) is 11.7 Å². The molecule has 1 aromatic carbocycles. The van der Waals surface area contributed by atoms with Crippen LogP contribution in [0.25, 0.3) is 0 Å². The van der Waals surface area contributed by atoms with E-state index in [0.29, 0.717) is 5.56 Å². The lowest BCUT2D eigenvalue weighted by Gasteiger charge is -2.11. The number of benzene rings is 1. The molecule has 5 heteroatoms. The number of rotatable bonds is 3. The summed E-state index contributed by atoms with van der Waals surface area (Å²) in [4.78, 5) is 0. The third kappa shape index (κ3) is 2.59. The van der Waals surface area contributed by atoms with Crippen LogP contribution in [0.4, 0.5) is 4.39 Å². The molecule has 0 saturated carbocycles. The smallest absolute Gasteiger partial charge is 0.129 e. The van der Waals surface area contributed by atoms with Gasteiger partial charge < -0.3 is 5.11 Å². The van der Waals surface area contributed by atoms with E-state index >= 15 is 0 Å². The average Bonchev–Trinajstić information content (AvgIpc) is 2.64. The summed E-state index contributed by atoms with van der Waals surface area (Å²) < 4.78 is 15.9. The lowest BCUT2D eigenvalue weighted by Crippen LogP contribution is -2.10. The SMILES string of the molecule is O[C@@H](Cn1cc(I)cn1)c1ccccc1F. The van der Waals surface area contributed by atoms with Crippen molar-refractivity contribution in [3.63, 3.8) is 0 Å². The summed E-state index contributed by atoms with van der Waals surface area (Å²) in [7, 11) is 0. The Morgan fingerprint density at radius 1 is 1.44 bits per heavy atom. The van der Waals surface area contributed by atoms with E-state index in [2.05, 4.69) is 27.7 Å². The molecule has 2 rings (SSSR count). The average molecular weight is 332 g/mol. The molecule has 0 spiro atoms. The van der Waals surface area contributed by atoms with Gasteiger partial charge in [0.15, 0.2) is 0 Å². The maximum absolute atomic E-state index is 13.4. The van der Waals surface area contributed by atoms with Crippen molar-refractivity contribution in [3.8, 4) is 0 Å². The number of hydrogen-bond acceptors (Lipinski definition) is 2. The Morgan fingerprint density at radius 3 is 2.81 bits per heavy atom. The van der Waals surface area contributed by atoms with Crippen LogP contribution in [0.15, 0.2) is 36.7 Å². The molecule has 0 aliphatic rings. The molecule has 1 aromatic heterocycles. The molecule has 0 unspecified atom stereocenters. The summed E-state index contributed by atoms with van der Waals surface area (Å²) in [6.45, 7) is 0.254. The van der Waals surface area contributed by atoms with E-state index in [4.69, 9.17) is 0 Å². The highest BCUT2D eigenvalue weighted by atomic mass is 127. The van der Waals surface area contributed by atoms with E-state index in [9.17, 15) is 9.50 Å². The van der Waals surface area contributed by atoms with E-state index in [1.54, 1.807) is 35.3 Å². The van der Waals surface area contributed by atoms with E-state index in [1.165, 1.54) is 6.07 Å². The molecule has 0 aliphatic heterocycles. The zero-order valence-electron chi connectivity index (χ0n) is 8.35. The summed E-state index contributed by atoms with van der Waals surface area (Å²) >= 11 is 2.13. The first kappa shape index (κ1) is 11.5. The summed E-state index contributed by atoms with van der Waals surface area (Å²) in [5.41, 5.74) is 0.299. The molecular weight excluding hydrogens is 322 g/mol. The van der Waals surface area contributed by atoms with E-state index in [-0.39, 0.29) is 6.54 Å². The van der Waals surface area contributed by atoms with Gasteiger partial charge in [-0.25, -0.2) is 4.39 Å². The standard InChI is InChI=1S/C11H10FIN2O/c12-10-4-2-1-3-9(10)11(16)7-15-6-8(13)5-14-15/h1-6,11,16H,7H2/t11-/m0/s1. The molecule has 0 radical (unpaired) electrons. The van der Waals surface area contributed by atoms with Gasteiger partial charge in [-0.1, -0.05) is 18.2 Å². The van der Waals surface area contributed by atoms with Gasteiger partial charge in [0.1, 0.15) is 11.9 Å².